The van der Waals surface area contributed by atoms with Crippen molar-refractivity contribution < 1.29 is 12.3 Å². The van der Waals surface area contributed by atoms with Gasteiger partial charge in [0.25, 0.3) is 0 Å². The van der Waals surface area contributed by atoms with Gasteiger partial charge in [0.2, 0.25) is 5.91 Å². The Labute approximate surface area is 76.3 Å². The summed E-state index contributed by atoms with van der Waals surface area (Å²) in [6, 6.07) is 0. The van der Waals surface area contributed by atoms with Crippen LogP contribution in [-0.4, -0.2) is 18.2 Å². The highest BCUT2D eigenvalue weighted by molar-refractivity contribution is 5.87. The fourth-order valence-electron chi connectivity index (χ4n) is 0.412. The molecule has 3 heteroatoms. The minimum absolute atomic E-state index is 0.329. The van der Waals surface area contributed by atoms with E-state index in [1.54, 1.807) is 27.7 Å². The standard InChI is InChI=1S/C9H17NO2/c1-6(2)8(11)5-10-9(12)7(3)4/h6-7H,5H2,1-4H3,(H,10,12)/i5D2,9+1,11+2,12+2. The third-order valence-electron chi connectivity index (χ3n) is 1.36. The van der Waals surface area contributed by atoms with Crippen LogP contribution in [0.15, 0.2) is 0 Å². The first-order valence-corrected chi connectivity index (χ1v) is 4.04. The zero-order valence-corrected chi connectivity index (χ0v) is 7.97. The van der Waals surface area contributed by atoms with E-state index < -0.39 is 24.1 Å². The monoisotopic (exact) mass is 178 g/mol. The molecule has 0 fully saturated rings. The summed E-state index contributed by atoms with van der Waals surface area (Å²) in [5.74, 6) is -1.82. The van der Waals surface area contributed by atoms with Crippen LogP contribution in [0.5, 0.6) is 0 Å². The van der Waals surface area contributed by atoms with E-state index in [-0.39, 0.29) is 5.92 Å². The molecule has 0 rings (SSSR count). The van der Waals surface area contributed by atoms with Crippen molar-refractivity contribution in [3.8, 4) is 0 Å². The van der Waals surface area contributed by atoms with Gasteiger partial charge in [-0.25, -0.2) is 0 Å². The number of ketones is 1. The molecule has 0 saturated carbocycles. The van der Waals surface area contributed by atoms with Crippen molar-refractivity contribution in [1.29, 1.82) is 0 Å². The SMILES string of the molecule is [2H]C([2H])(N[13C](=[18O])C(C)C)C(=[18O])C(C)C. The normalized spacial score (nSPS) is 14.2. The third-order valence-corrected chi connectivity index (χ3v) is 1.36. The summed E-state index contributed by atoms with van der Waals surface area (Å²) in [5, 5.41) is 2.08. The summed E-state index contributed by atoms with van der Waals surface area (Å²) in [5.41, 5.74) is 0. The quantitative estimate of drug-likeness (QED) is 0.515. The largest absolute Gasteiger partial charge is 0.349 e. The van der Waals surface area contributed by atoms with Crippen LogP contribution in [0.25, 0.3) is 0 Å². The molecule has 1 N–H and O–H groups in total. The molecule has 0 aliphatic rings. The molecule has 0 radical (unpaired) electrons. The van der Waals surface area contributed by atoms with Crippen molar-refractivity contribution in [3.63, 3.8) is 0 Å². The zero-order chi connectivity index (χ0) is 11.5. The lowest BCUT2D eigenvalue weighted by molar-refractivity contribution is -0.128. The Morgan fingerprint density at radius 1 is 1.25 bits per heavy atom. The molecular weight excluding hydrogens is 159 g/mol. The number of amides is 1. The summed E-state index contributed by atoms with van der Waals surface area (Å²) in [4.78, 5) is 22.5. The average molecular weight is 178 g/mol. The van der Waals surface area contributed by atoms with Crippen molar-refractivity contribution in [3.05, 3.63) is 0 Å². The molecule has 0 unspecified atom stereocenters. The zero-order valence-electron chi connectivity index (χ0n) is 9.97. The highest BCUT2D eigenvalue weighted by atomic mass is 18.1. The maximum atomic E-state index is 11.3. The Morgan fingerprint density at radius 3 is 2.08 bits per heavy atom. The van der Waals surface area contributed by atoms with Crippen molar-refractivity contribution in [2.24, 2.45) is 11.8 Å². The maximum absolute atomic E-state index is 11.3. The van der Waals surface area contributed by atoms with Gasteiger partial charge in [-0.3, -0.25) is 9.59 Å². The van der Waals surface area contributed by atoms with E-state index in [1.165, 1.54) is 0 Å². The van der Waals surface area contributed by atoms with Crippen LogP contribution in [0.3, 0.4) is 0 Å². The van der Waals surface area contributed by atoms with Crippen molar-refractivity contribution in [1.82, 2.24) is 5.32 Å². The first-order valence-electron chi connectivity index (χ1n) is 5.04. The van der Waals surface area contributed by atoms with Gasteiger partial charge in [-0.15, -0.1) is 0 Å². The van der Waals surface area contributed by atoms with Gasteiger partial charge < -0.3 is 5.32 Å². The Balaban J connectivity index is 4.49. The van der Waals surface area contributed by atoms with Gasteiger partial charge in [0.05, 0.1) is 9.24 Å². The highest BCUT2D eigenvalue weighted by Gasteiger charge is 2.10. The van der Waals surface area contributed by atoms with E-state index in [1.807, 2.05) is 0 Å². The molecular formula is C9H17NO2. The van der Waals surface area contributed by atoms with Crippen LogP contribution < -0.4 is 5.32 Å². The minimum atomic E-state index is -2.25. The van der Waals surface area contributed by atoms with E-state index in [9.17, 15) is 9.59 Å². The molecule has 1 amide bonds. The molecule has 12 heavy (non-hydrogen) atoms. The van der Waals surface area contributed by atoms with Gasteiger partial charge in [0.15, 0.2) is 5.78 Å². The highest BCUT2D eigenvalue weighted by Crippen LogP contribution is 1.94. The van der Waals surface area contributed by atoms with Crippen LogP contribution in [0, 0.1) is 11.8 Å². The van der Waals surface area contributed by atoms with E-state index >= 15 is 0 Å². The van der Waals surface area contributed by atoms with E-state index in [0.29, 0.717) is 0 Å². The second-order valence-corrected chi connectivity index (χ2v) is 3.29. The van der Waals surface area contributed by atoms with Gasteiger partial charge in [-0.1, -0.05) is 27.7 Å². The number of rotatable bonds is 4. The minimum Gasteiger partial charge on any atom is -0.349 e. The number of hydrogen-bond acceptors (Lipinski definition) is 2. The predicted molar refractivity (Wildman–Crippen MR) is 47.7 cm³/mol. The molecule has 70 valence electrons. The first kappa shape index (κ1) is 7.77. The molecule has 3 nitrogen and oxygen atoms in total. The maximum Gasteiger partial charge on any atom is 0.222 e. The lowest BCUT2D eigenvalue weighted by atomic mass is 10.1. The smallest absolute Gasteiger partial charge is 0.222 e. The number of hydrogen-bond donors (Lipinski definition) is 1. The Bertz CT molecular complexity index is 237. The van der Waals surface area contributed by atoms with Gasteiger partial charge in [-0.05, 0) is 0 Å². The van der Waals surface area contributed by atoms with Gasteiger partial charge in [0.1, 0.15) is 0 Å². The molecule has 0 aromatic rings. The first-order chi connectivity index (χ1) is 6.18. The molecule has 0 aromatic heterocycles. The molecule has 0 aromatic carbocycles. The second kappa shape index (κ2) is 4.91. The molecule has 0 spiro atoms. The van der Waals surface area contributed by atoms with E-state index in [2.05, 4.69) is 5.32 Å². The van der Waals surface area contributed by atoms with Gasteiger partial charge in [0, 0.05) is 11.8 Å². The molecule has 0 aliphatic carbocycles. The van der Waals surface area contributed by atoms with Crippen molar-refractivity contribution in [2.45, 2.75) is 27.7 Å². The van der Waals surface area contributed by atoms with Gasteiger partial charge >= 0.3 is 0 Å². The Hall–Kier alpha value is -0.860. The molecule has 0 bridgehead atoms. The van der Waals surface area contributed by atoms with Crippen molar-refractivity contribution >= 4 is 11.7 Å². The summed E-state index contributed by atoms with van der Waals surface area (Å²) in [6.45, 7) is 4.23. The fourth-order valence-corrected chi connectivity index (χ4v) is 0.412. The van der Waals surface area contributed by atoms with Crippen LogP contribution in [0.1, 0.15) is 30.4 Å². The average Bonchev–Trinajstić information content (AvgIpc) is 2.01. The van der Waals surface area contributed by atoms with E-state index in [4.69, 9.17) is 2.74 Å². The molecule has 0 aliphatic heterocycles. The number of nitrogens with one attached hydrogen (secondary N) is 1. The number of carbonyl (C=O) groups is 2. The summed E-state index contributed by atoms with van der Waals surface area (Å²) >= 11 is 0. The van der Waals surface area contributed by atoms with Crippen LogP contribution in [-0.2, 0) is 9.59 Å². The van der Waals surface area contributed by atoms with Crippen LogP contribution in [0.4, 0.5) is 0 Å². The number of carbonyl (C=O) groups excluding carboxylic acids is 2. The van der Waals surface area contributed by atoms with Gasteiger partial charge in [-0.2, -0.15) is 0 Å². The lowest BCUT2D eigenvalue weighted by Gasteiger charge is -2.07. The van der Waals surface area contributed by atoms with E-state index in [0.717, 1.165) is 0 Å². The Morgan fingerprint density at radius 2 is 1.75 bits per heavy atom. The Kier molecular flexibility index (Phi) is 3.18. The third kappa shape index (κ3) is 4.11. The second-order valence-electron chi connectivity index (χ2n) is 3.29. The summed E-state index contributed by atoms with van der Waals surface area (Å²) in [7, 11) is 0. The molecule has 0 atom stereocenters. The van der Waals surface area contributed by atoms with Crippen molar-refractivity contribution in [2.75, 3.05) is 6.50 Å². The molecule has 0 heterocycles. The molecule has 0 saturated heterocycles. The fraction of sp³-hybridized carbons (Fsp3) is 0.778. The topological polar surface area (TPSA) is 46.2 Å². The predicted octanol–water partition coefficient (Wildman–Crippen LogP) is 0.984. The van der Waals surface area contributed by atoms with Crippen LogP contribution in [0.2, 0.25) is 0 Å². The summed E-state index contributed by atoms with van der Waals surface area (Å²) < 4.78 is 14.7. The van der Waals surface area contributed by atoms with Crippen LogP contribution >= 0.6 is 0 Å². The summed E-state index contributed by atoms with van der Waals surface area (Å²) in [6.07, 6.45) is 0. The lowest BCUT2D eigenvalue weighted by Crippen LogP contribution is -2.34. The number of Topliss-reactive ketones (excluding diaryl/α,β-unsaturated/α-hetero) is 1.